The summed E-state index contributed by atoms with van der Waals surface area (Å²) in [7, 11) is 1.53. The van der Waals surface area contributed by atoms with E-state index in [1.807, 2.05) is 0 Å². The molecule has 1 aliphatic heterocycles. The van der Waals surface area contributed by atoms with Gasteiger partial charge >= 0.3 is 6.18 Å². The van der Waals surface area contributed by atoms with Crippen molar-refractivity contribution in [2.24, 2.45) is 5.92 Å². The number of aldehydes is 1. The number of nitrogens with zero attached hydrogens (tertiary/aromatic N) is 1. The van der Waals surface area contributed by atoms with E-state index < -0.39 is 23.6 Å². The lowest BCUT2D eigenvalue weighted by atomic mass is 9.89. The Balaban J connectivity index is 2.37. The fourth-order valence-electron chi connectivity index (χ4n) is 2.34. The van der Waals surface area contributed by atoms with E-state index in [-0.39, 0.29) is 12.5 Å². The average Bonchev–Trinajstić information content (AvgIpc) is 2.64. The predicted octanol–water partition coefficient (Wildman–Crippen LogP) is 2.08. The molecular weight excluding hydrogens is 259 g/mol. The van der Waals surface area contributed by atoms with Crippen molar-refractivity contribution in [1.29, 1.82) is 0 Å². The maximum atomic E-state index is 12.6. The van der Waals surface area contributed by atoms with Crippen LogP contribution in [0.1, 0.15) is 17.0 Å². The van der Waals surface area contributed by atoms with Crippen LogP contribution in [0.3, 0.4) is 0 Å². The summed E-state index contributed by atoms with van der Waals surface area (Å²) in [5.74, 6) is -1.76. The van der Waals surface area contributed by atoms with Crippen LogP contribution in [-0.4, -0.2) is 30.7 Å². The van der Waals surface area contributed by atoms with Crippen LogP contribution in [0.5, 0.6) is 0 Å². The van der Waals surface area contributed by atoms with Crippen LogP contribution >= 0.6 is 0 Å². The van der Waals surface area contributed by atoms with Gasteiger partial charge in [-0.15, -0.1) is 0 Å². The van der Waals surface area contributed by atoms with Gasteiger partial charge in [-0.25, -0.2) is 0 Å². The maximum absolute atomic E-state index is 12.6. The Morgan fingerprint density at radius 3 is 2.63 bits per heavy atom. The lowest BCUT2D eigenvalue weighted by Crippen LogP contribution is -2.23. The monoisotopic (exact) mass is 271 g/mol. The highest BCUT2D eigenvalue weighted by molar-refractivity contribution is 5.94. The first-order valence-electron chi connectivity index (χ1n) is 5.72. The van der Waals surface area contributed by atoms with Crippen LogP contribution in [0.15, 0.2) is 24.3 Å². The molecule has 0 N–H and O–H groups in total. The molecule has 0 bridgehead atoms. The second-order valence-electron chi connectivity index (χ2n) is 4.61. The fraction of sp³-hybridized carbons (Fsp3) is 0.385. The summed E-state index contributed by atoms with van der Waals surface area (Å²) in [6.45, 7) is 0.254. The van der Waals surface area contributed by atoms with Gasteiger partial charge in [0.15, 0.2) is 0 Å². The third-order valence-electron chi connectivity index (χ3n) is 3.35. The molecule has 0 saturated carbocycles. The Hall–Kier alpha value is -1.85. The number of benzene rings is 1. The maximum Gasteiger partial charge on any atom is 0.416 e. The molecule has 0 spiro atoms. The largest absolute Gasteiger partial charge is 0.416 e. The molecule has 0 unspecified atom stereocenters. The summed E-state index contributed by atoms with van der Waals surface area (Å²) in [6, 6.07) is 4.79. The van der Waals surface area contributed by atoms with Crippen LogP contribution < -0.4 is 0 Å². The van der Waals surface area contributed by atoms with E-state index in [1.54, 1.807) is 0 Å². The number of likely N-dealkylation sites (tertiary alicyclic amines) is 1. The van der Waals surface area contributed by atoms with Gasteiger partial charge in [0.25, 0.3) is 0 Å². The molecule has 1 aliphatic rings. The number of amides is 1. The van der Waals surface area contributed by atoms with Gasteiger partial charge in [-0.2, -0.15) is 13.2 Å². The number of hydrogen-bond acceptors (Lipinski definition) is 2. The number of carbonyl (C=O) groups excluding carboxylic acids is 2. The topological polar surface area (TPSA) is 37.4 Å². The van der Waals surface area contributed by atoms with E-state index in [4.69, 9.17) is 0 Å². The highest BCUT2D eigenvalue weighted by Gasteiger charge is 2.40. The van der Waals surface area contributed by atoms with E-state index in [0.717, 1.165) is 12.1 Å². The van der Waals surface area contributed by atoms with Crippen molar-refractivity contribution in [3.8, 4) is 0 Å². The van der Waals surface area contributed by atoms with Crippen molar-refractivity contribution in [2.45, 2.75) is 12.1 Å². The molecule has 1 aromatic carbocycles. The Labute approximate surface area is 108 Å². The number of halogens is 3. The molecule has 0 aromatic heterocycles. The molecule has 1 fully saturated rings. The number of likely N-dealkylation sites (N-methyl/N-ethyl adjacent to an activating group) is 1. The summed E-state index contributed by atoms with van der Waals surface area (Å²) >= 11 is 0. The standard InChI is InChI=1S/C13H12F3NO2/c1-17-6-10(11(7-18)12(17)19)8-3-2-4-9(5-8)13(14,15)16/h2-5,7,10-11H,6H2,1H3/t10-,11-/m0/s1. The smallest absolute Gasteiger partial charge is 0.344 e. The van der Waals surface area contributed by atoms with Crippen molar-refractivity contribution in [1.82, 2.24) is 4.90 Å². The molecule has 2 atom stereocenters. The summed E-state index contributed by atoms with van der Waals surface area (Å²) < 4.78 is 37.9. The van der Waals surface area contributed by atoms with Crippen LogP contribution in [0.4, 0.5) is 13.2 Å². The van der Waals surface area contributed by atoms with Crippen LogP contribution in [0, 0.1) is 5.92 Å². The van der Waals surface area contributed by atoms with Crippen LogP contribution in [0.2, 0.25) is 0 Å². The van der Waals surface area contributed by atoms with E-state index in [9.17, 15) is 22.8 Å². The fourth-order valence-corrected chi connectivity index (χ4v) is 2.34. The van der Waals surface area contributed by atoms with Crippen LogP contribution in [-0.2, 0) is 15.8 Å². The van der Waals surface area contributed by atoms with E-state index in [2.05, 4.69) is 0 Å². The van der Waals surface area contributed by atoms with Crippen molar-refractivity contribution in [3.05, 3.63) is 35.4 Å². The molecule has 6 heteroatoms. The van der Waals surface area contributed by atoms with Gasteiger partial charge in [0.05, 0.1) is 5.56 Å². The van der Waals surface area contributed by atoms with Crippen molar-refractivity contribution >= 4 is 12.2 Å². The lowest BCUT2D eigenvalue weighted by Gasteiger charge is -2.15. The molecule has 102 valence electrons. The van der Waals surface area contributed by atoms with E-state index in [1.165, 1.54) is 24.1 Å². The molecule has 1 saturated heterocycles. The number of carbonyl (C=O) groups is 2. The SMILES string of the molecule is CN1C[C@@H](c2cccc(C(F)(F)F)c2)[C@H](C=O)C1=O. The quantitative estimate of drug-likeness (QED) is 0.610. The minimum absolute atomic E-state index is 0.254. The number of alkyl halides is 3. The zero-order valence-corrected chi connectivity index (χ0v) is 10.1. The molecule has 1 amide bonds. The number of rotatable bonds is 2. The van der Waals surface area contributed by atoms with Gasteiger partial charge < -0.3 is 9.69 Å². The molecule has 1 heterocycles. The highest BCUT2D eigenvalue weighted by atomic mass is 19.4. The van der Waals surface area contributed by atoms with Crippen molar-refractivity contribution in [2.75, 3.05) is 13.6 Å². The van der Waals surface area contributed by atoms with Gasteiger partial charge in [-0.1, -0.05) is 18.2 Å². The minimum atomic E-state index is -4.43. The Morgan fingerprint density at radius 1 is 1.37 bits per heavy atom. The molecular formula is C13H12F3NO2. The van der Waals surface area contributed by atoms with Gasteiger partial charge in [0.2, 0.25) is 5.91 Å². The van der Waals surface area contributed by atoms with Gasteiger partial charge in [-0.3, -0.25) is 4.79 Å². The summed E-state index contributed by atoms with van der Waals surface area (Å²) in [5.41, 5.74) is -0.402. The lowest BCUT2D eigenvalue weighted by molar-refractivity contribution is -0.137. The highest BCUT2D eigenvalue weighted by Crippen LogP contribution is 2.35. The molecule has 19 heavy (non-hydrogen) atoms. The first kappa shape index (κ1) is 13.6. The summed E-state index contributed by atoms with van der Waals surface area (Å²) in [6.07, 6.45) is -3.92. The first-order chi connectivity index (χ1) is 8.84. The Kier molecular flexibility index (Phi) is 3.34. The Bertz CT molecular complexity index is 513. The normalized spacial score (nSPS) is 23.8. The van der Waals surface area contributed by atoms with Gasteiger partial charge in [0, 0.05) is 19.5 Å². The van der Waals surface area contributed by atoms with Crippen molar-refractivity contribution in [3.63, 3.8) is 0 Å². The zero-order valence-electron chi connectivity index (χ0n) is 10.1. The average molecular weight is 271 g/mol. The first-order valence-corrected chi connectivity index (χ1v) is 5.72. The third-order valence-corrected chi connectivity index (χ3v) is 3.35. The molecule has 0 radical (unpaired) electrons. The second-order valence-corrected chi connectivity index (χ2v) is 4.61. The minimum Gasteiger partial charge on any atom is -0.344 e. The summed E-state index contributed by atoms with van der Waals surface area (Å²) in [4.78, 5) is 24.0. The molecule has 0 aliphatic carbocycles. The van der Waals surface area contributed by atoms with E-state index >= 15 is 0 Å². The molecule has 3 nitrogen and oxygen atoms in total. The van der Waals surface area contributed by atoms with Gasteiger partial charge in [-0.05, 0) is 11.6 Å². The van der Waals surface area contributed by atoms with Gasteiger partial charge in [0.1, 0.15) is 12.2 Å². The zero-order chi connectivity index (χ0) is 14.2. The molecule has 2 rings (SSSR count). The van der Waals surface area contributed by atoms with Crippen molar-refractivity contribution < 1.29 is 22.8 Å². The summed E-state index contributed by atoms with van der Waals surface area (Å²) in [5, 5.41) is 0. The Morgan fingerprint density at radius 2 is 2.05 bits per heavy atom. The predicted molar refractivity (Wildman–Crippen MR) is 61.4 cm³/mol. The molecule has 1 aromatic rings. The van der Waals surface area contributed by atoms with Crippen LogP contribution in [0.25, 0.3) is 0 Å². The van der Waals surface area contributed by atoms with E-state index in [0.29, 0.717) is 11.8 Å². The number of hydrogen-bond donors (Lipinski definition) is 0. The second kappa shape index (κ2) is 4.68. The third kappa shape index (κ3) is 2.47.